The van der Waals surface area contributed by atoms with Crippen LogP contribution in [0, 0.1) is 0 Å². The summed E-state index contributed by atoms with van der Waals surface area (Å²) in [4.78, 5) is 22.8. The first kappa shape index (κ1) is 13.4. The molecule has 0 saturated heterocycles. The quantitative estimate of drug-likeness (QED) is 0.596. The molecule has 0 saturated carbocycles. The SMILES string of the molecule is CC(=O)c1cccc(CC(=O)OC(C)(C)C)c1. The molecule has 0 aliphatic rings. The Hall–Kier alpha value is -1.64. The highest BCUT2D eigenvalue weighted by Gasteiger charge is 2.16. The van der Waals surface area contributed by atoms with E-state index < -0.39 is 5.60 Å². The van der Waals surface area contributed by atoms with Gasteiger partial charge in [-0.15, -0.1) is 0 Å². The lowest BCUT2D eigenvalue weighted by Crippen LogP contribution is -2.24. The summed E-state index contributed by atoms with van der Waals surface area (Å²) >= 11 is 0. The zero-order valence-corrected chi connectivity index (χ0v) is 10.7. The fourth-order valence-corrected chi connectivity index (χ4v) is 1.44. The van der Waals surface area contributed by atoms with E-state index in [1.165, 1.54) is 6.92 Å². The number of hydrogen-bond acceptors (Lipinski definition) is 3. The van der Waals surface area contributed by atoms with E-state index in [-0.39, 0.29) is 18.2 Å². The van der Waals surface area contributed by atoms with Gasteiger partial charge in [0.15, 0.2) is 5.78 Å². The van der Waals surface area contributed by atoms with Crippen LogP contribution < -0.4 is 0 Å². The fourth-order valence-electron chi connectivity index (χ4n) is 1.44. The monoisotopic (exact) mass is 234 g/mol. The van der Waals surface area contributed by atoms with Gasteiger partial charge in [-0.1, -0.05) is 18.2 Å². The molecule has 3 nitrogen and oxygen atoms in total. The maximum absolute atomic E-state index is 11.6. The van der Waals surface area contributed by atoms with Crippen molar-refractivity contribution in [1.82, 2.24) is 0 Å². The molecule has 92 valence electrons. The second-order valence-corrected chi connectivity index (χ2v) is 5.02. The lowest BCUT2D eigenvalue weighted by atomic mass is 10.1. The van der Waals surface area contributed by atoms with Gasteiger partial charge in [-0.05, 0) is 39.3 Å². The van der Waals surface area contributed by atoms with Crippen molar-refractivity contribution >= 4 is 11.8 Å². The molecule has 0 radical (unpaired) electrons. The van der Waals surface area contributed by atoms with Crippen LogP contribution in [0.4, 0.5) is 0 Å². The van der Waals surface area contributed by atoms with Gasteiger partial charge < -0.3 is 4.74 Å². The summed E-state index contributed by atoms with van der Waals surface area (Å²) in [6, 6.07) is 7.06. The molecule has 0 amide bonds. The summed E-state index contributed by atoms with van der Waals surface area (Å²) in [7, 11) is 0. The van der Waals surface area contributed by atoms with Crippen LogP contribution in [-0.2, 0) is 16.0 Å². The highest BCUT2D eigenvalue weighted by Crippen LogP contribution is 2.11. The Morgan fingerprint density at radius 2 is 1.88 bits per heavy atom. The van der Waals surface area contributed by atoms with E-state index in [0.29, 0.717) is 5.56 Å². The van der Waals surface area contributed by atoms with Gasteiger partial charge in [-0.3, -0.25) is 9.59 Å². The number of ether oxygens (including phenoxy) is 1. The van der Waals surface area contributed by atoms with Crippen molar-refractivity contribution in [2.45, 2.75) is 39.7 Å². The molecular weight excluding hydrogens is 216 g/mol. The largest absolute Gasteiger partial charge is 0.460 e. The van der Waals surface area contributed by atoms with Crippen molar-refractivity contribution in [3.8, 4) is 0 Å². The molecule has 17 heavy (non-hydrogen) atoms. The van der Waals surface area contributed by atoms with Gasteiger partial charge in [0.25, 0.3) is 0 Å². The van der Waals surface area contributed by atoms with Crippen LogP contribution in [-0.4, -0.2) is 17.4 Å². The second-order valence-electron chi connectivity index (χ2n) is 5.02. The van der Waals surface area contributed by atoms with Crippen molar-refractivity contribution in [2.75, 3.05) is 0 Å². The third-order valence-corrected chi connectivity index (χ3v) is 2.10. The van der Waals surface area contributed by atoms with Crippen LogP contribution >= 0.6 is 0 Å². The van der Waals surface area contributed by atoms with Crippen LogP contribution in [0.25, 0.3) is 0 Å². The maximum Gasteiger partial charge on any atom is 0.310 e. The summed E-state index contributed by atoms with van der Waals surface area (Å²) in [5.41, 5.74) is 0.938. The minimum Gasteiger partial charge on any atom is -0.460 e. The first-order valence-corrected chi connectivity index (χ1v) is 5.59. The number of hydrogen-bond donors (Lipinski definition) is 0. The van der Waals surface area contributed by atoms with Crippen LogP contribution in [0.1, 0.15) is 43.6 Å². The molecule has 0 unspecified atom stereocenters. The van der Waals surface area contributed by atoms with Gasteiger partial charge in [0, 0.05) is 5.56 Å². The van der Waals surface area contributed by atoms with Gasteiger partial charge in [-0.2, -0.15) is 0 Å². The van der Waals surface area contributed by atoms with E-state index >= 15 is 0 Å². The molecule has 1 aromatic rings. The zero-order chi connectivity index (χ0) is 13.1. The van der Waals surface area contributed by atoms with Gasteiger partial charge in [-0.25, -0.2) is 0 Å². The molecule has 0 spiro atoms. The van der Waals surface area contributed by atoms with Crippen LogP contribution in [0.3, 0.4) is 0 Å². The van der Waals surface area contributed by atoms with Crippen molar-refractivity contribution in [1.29, 1.82) is 0 Å². The first-order chi connectivity index (χ1) is 7.78. The van der Waals surface area contributed by atoms with Crippen molar-refractivity contribution in [2.24, 2.45) is 0 Å². The Labute approximate surface area is 102 Å². The normalized spacial score (nSPS) is 11.1. The molecule has 0 aromatic heterocycles. The number of rotatable bonds is 3. The van der Waals surface area contributed by atoms with Gasteiger partial charge in [0.2, 0.25) is 0 Å². The van der Waals surface area contributed by atoms with Gasteiger partial charge in [0.05, 0.1) is 6.42 Å². The number of carbonyl (C=O) groups excluding carboxylic acids is 2. The summed E-state index contributed by atoms with van der Waals surface area (Å²) in [6.45, 7) is 7.00. The summed E-state index contributed by atoms with van der Waals surface area (Å²) < 4.78 is 5.22. The van der Waals surface area contributed by atoms with Crippen LogP contribution in [0.15, 0.2) is 24.3 Å². The molecule has 0 bridgehead atoms. The van der Waals surface area contributed by atoms with Gasteiger partial charge in [0.1, 0.15) is 5.60 Å². The van der Waals surface area contributed by atoms with E-state index in [0.717, 1.165) is 5.56 Å². The maximum atomic E-state index is 11.6. The number of carbonyl (C=O) groups is 2. The highest BCUT2D eigenvalue weighted by atomic mass is 16.6. The molecule has 0 heterocycles. The lowest BCUT2D eigenvalue weighted by Gasteiger charge is -2.19. The Kier molecular flexibility index (Phi) is 4.05. The lowest BCUT2D eigenvalue weighted by molar-refractivity contribution is -0.153. The predicted octanol–water partition coefficient (Wildman–Crippen LogP) is 2.77. The number of ketones is 1. The topological polar surface area (TPSA) is 43.4 Å². The molecule has 0 aliphatic carbocycles. The smallest absolute Gasteiger partial charge is 0.310 e. The molecular formula is C14H18O3. The van der Waals surface area contributed by atoms with Crippen molar-refractivity contribution in [3.05, 3.63) is 35.4 Å². The number of esters is 1. The molecule has 3 heteroatoms. The Bertz CT molecular complexity index is 427. The van der Waals surface area contributed by atoms with Crippen LogP contribution in [0.2, 0.25) is 0 Å². The summed E-state index contributed by atoms with van der Waals surface area (Å²) in [5, 5.41) is 0. The standard InChI is InChI=1S/C14H18O3/c1-10(15)12-7-5-6-11(8-12)9-13(16)17-14(2,3)4/h5-8H,9H2,1-4H3. The minimum atomic E-state index is -0.477. The minimum absolute atomic E-state index is 0.00367. The van der Waals surface area contributed by atoms with E-state index in [1.807, 2.05) is 26.8 Å². The molecule has 0 aliphatic heterocycles. The van der Waals surface area contributed by atoms with Crippen LogP contribution in [0.5, 0.6) is 0 Å². The summed E-state index contributed by atoms with van der Waals surface area (Å²) in [5.74, 6) is -0.283. The highest BCUT2D eigenvalue weighted by molar-refractivity contribution is 5.94. The van der Waals surface area contributed by atoms with Gasteiger partial charge >= 0.3 is 5.97 Å². The Morgan fingerprint density at radius 3 is 2.41 bits per heavy atom. The number of Topliss-reactive ketones (excluding diaryl/α,β-unsaturated/α-hetero) is 1. The summed E-state index contributed by atoms with van der Waals surface area (Å²) in [6.07, 6.45) is 0.193. The number of benzene rings is 1. The van der Waals surface area contributed by atoms with E-state index in [1.54, 1.807) is 18.2 Å². The van der Waals surface area contributed by atoms with E-state index in [9.17, 15) is 9.59 Å². The molecule has 1 aromatic carbocycles. The third-order valence-electron chi connectivity index (χ3n) is 2.10. The molecule has 0 fully saturated rings. The molecule has 0 atom stereocenters. The third kappa shape index (κ3) is 4.81. The Balaban J connectivity index is 2.72. The fraction of sp³-hybridized carbons (Fsp3) is 0.429. The van der Waals surface area contributed by atoms with Crippen molar-refractivity contribution in [3.63, 3.8) is 0 Å². The van der Waals surface area contributed by atoms with E-state index in [4.69, 9.17) is 4.74 Å². The average molecular weight is 234 g/mol. The van der Waals surface area contributed by atoms with Crippen molar-refractivity contribution < 1.29 is 14.3 Å². The second kappa shape index (κ2) is 5.13. The average Bonchev–Trinajstić information content (AvgIpc) is 2.14. The zero-order valence-electron chi connectivity index (χ0n) is 10.7. The van der Waals surface area contributed by atoms with E-state index in [2.05, 4.69) is 0 Å². The molecule has 0 N–H and O–H groups in total. The molecule has 1 rings (SSSR count). The predicted molar refractivity (Wildman–Crippen MR) is 66.0 cm³/mol. The first-order valence-electron chi connectivity index (χ1n) is 5.59. The Morgan fingerprint density at radius 1 is 1.24 bits per heavy atom.